The number of aryl methyl sites for hydroxylation is 1. The molecule has 2 rings (SSSR count). The highest BCUT2D eigenvalue weighted by Gasteiger charge is 2.13. The van der Waals surface area contributed by atoms with E-state index in [0.29, 0.717) is 36.3 Å². The third kappa shape index (κ3) is 4.78. The Morgan fingerprint density at radius 2 is 1.81 bits per heavy atom. The summed E-state index contributed by atoms with van der Waals surface area (Å²) < 4.78 is 17.8. The maximum Gasteiger partial charge on any atom is 0.203 e. The van der Waals surface area contributed by atoms with Crippen molar-refractivity contribution in [1.82, 2.24) is 25.4 Å². The number of rotatable bonds is 8. The van der Waals surface area contributed by atoms with Gasteiger partial charge in [0.05, 0.1) is 34.4 Å². The zero-order chi connectivity index (χ0) is 18.9. The van der Waals surface area contributed by atoms with Crippen LogP contribution in [0.5, 0.6) is 17.2 Å². The van der Waals surface area contributed by atoms with E-state index in [2.05, 4.69) is 25.7 Å². The molecule has 0 fully saturated rings. The molecule has 9 nitrogen and oxygen atoms in total. The average molecular weight is 362 g/mol. The lowest BCUT2D eigenvalue weighted by Gasteiger charge is -2.14. The molecule has 0 aliphatic heterocycles. The van der Waals surface area contributed by atoms with Crippen molar-refractivity contribution in [3.05, 3.63) is 29.8 Å². The number of hydrogen-bond acceptors (Lipinski definition) is 6. The van der Waals surface area contributed by atoms with E-state index in [9.17, 15) is 0 Å². The molecule has 0 radical (unpaired) electrons. The summed E-state index contributed by atoms with van der Waals surface area (Å²) in [5.74, 6) is 3.28. The molecule has 1 aromatic carbocycles. The van der Waals surface area contributed by atoms with Crippen LogP contribution in [0.25, 0.3) is 0 Å². The normalized spacial score (nSPS) is 11.2. The van der Waals surface area contributed by atoms with Crippen LogP contribution >= 0.6 is 0 Å². The van der Waals surface area contributed by atoms with Gasteiger partial charge in [-0.1, -0.05) is 0 Å². The number of guanidine groups is 1. The van der Waals surface area contributed by atoms with Gasteiger partial charge in [-0.3, -0.25) is 4.68 Å². The van der Waals surface area contributed by atoms with Crippen LogP contribution < -0.4 is 24.8 Å². The van der Waals surface area contributed by atoms with Crippen LogP contribution in [0, 0.1) is 0 Å². The van der Waals surface area contributed by atoms with Crippen LogP contribution in [-0.2, 0) is 20.1 Å². The topological polar surface area (TPSA) is 94.8 Å². The smallest absolute Gasteiger partial charge is 0.203 e. The van der Waals surface area contributed by atoms with Crippen molar-refractivity contribution in [2.75, 3.05) is 27.9 Å². The third-order valence-electron chi connectivity index (χ3n) is 3.71. The molecule has 1 aromatic heterocycles. The van der Waals surface area contributed by atoms with Crippen LogP contribution in [0.2, 0.25) is 0 Å². The standard InChI is InChI=1S/C17H26N6O3/c1-6-18-17(20-10-15-21-11-22-23(15)2)19-9-12-7-13(24-3)16(26-5)14(8-12)25-4/h7-8,11H,6,9-10H2,1-5H3,(H2,18,19,20). The fourth-order valence-corrected chi connectivity index (χ4v) is 2.38. The van der Waals surface area contributed by atoms with Crippen molar-refractivity contribution in [2.24, 2.45) is 12.0 Å². The number of hydrogen-bond donors (Lipinski definition) is 2. The summed E-state index contributed by atoms with van der Waals surface area (Å²) in [6, 6.07) is 3.77. The molecule has 0 spiro atoms. The lowest BCUT2D eigenvalue weighted by atomic mass is 10.2. The Balaban J connectivity index is 2.14. The van der Waals surface area contributed by atoms with Gasteiger partial charge in [0.1, 0.15) is 12.2 Å². The fraction of sp³-hybridized carbons (Fsp3) is 0.471. The summed E-state index contributed by atoms with van der Waals surface area (Å²) in [4.78, 5) is 8.79. The minimum Gasteiger partial charge on any atom is -0.493 e. The van der Waals surface area contributed by atoms with Gasteiger partial charge in [0.2, 0.25) is 5.75 Å². The highest BCUT2D eigenvalue weighted by atomic mass is 16.5. The van der Waals surface area contributed by atoms with Gasteiger partial charge >= 0.3 is 0 Å². The lowest BCUT2D eigenvalue weighted by Crippen LogP contribution is -2.37. The second-order valence-electron chi connectivity index (χ2n) is 5.38. The van der Waals surface area contributed by atoms with E-state index in [4.69, 9.17) is 14.2 Å². The number of nitrogens with zero attached hydrogens (tertiary/aromatic N) is 4. The number of aliphatic imine (C=N–C) groups is 1. The van der Waals surface area contributed by atoms with Crippen molar-refractivity contribution in [2.45, 2.75) is 20.0 Å². The van der Waals surface area contributed by atoms with E-state index in [0.717, 1.165) is 17.9 Å². The van der Waals surface area contributed by atoms with Gasteiger partial charge in [-0.15, -0.1) is 0 Å². The van der Waals surface area contributed by atoms with Crippen molar-refractivity contribution in [1.29, 1.82) is 0 Å². The monoisotopic (exact) mass is 362 g/mol. The molecular weight excluding hydrogens is 336 g/mol. The first-order valence-corrected chi connectivity index (χ1v) is 8.26. The molecular formula is C17H26N6O3. The van der Waals surface area contributed by atoms with Gasteiger partial charge in [-0.05, 0) is 24.6 Å². The van der Waals surface area contributed by atoms with Crippen LogP contribution in [-0.4, -0.2) is 48.6 Å². The Hall–Kier alpha value is -2.97. The molecule has 0 aliphatic carbocycles. The highest BCUT2D eigenvalue weighted by molar-refractivity contribution is 5.79. The van der Waals surface area contributed by atoms with Crippen LogP contribution in [0.1, 0.15) is 18.3 Å². The van der Waals surface area contributed by atoms with E-state index in [-0.39, 0.29) is 0 Å². The number of aromatic nitrogens is 3. The quantitative estimate of drug-likeness (QED) is 0.536. The summed E-state index contributed by atoms with van der Waals surface area (Å²) >= 11 is 0. The van der Waals surface area contributed by atoms with E-state index < -0.39 is 0 Å². The van der Waals surface area contributed by atoms with Gasteiger partial charge < -0.3 is 24.8 Å². The number of methoxy groups -OCH3 is 3. The van der Waals surface area contributed by atoms with Crippen LogP contribution in [0.3, 0.4) is 0 Å². The Morgan fingerprint density at radius 3 is 2.31 bits per heavy atom. The molecule has 2 aromatic rings. The second kappa shape index (κ2) is 9.50. The average Bonchev–Trinajstić information content (AvgIpc) is 3.07. The van der Waals surface area contributed by atoms with Crippen molar-refractivity contribution in [3.8, 4) is 17.2 Å². The minimum atomic E-state index is 0.449. The number of nitrogens with one attached hydrogen (secondary N) is 2. The summed E-state index contributed by atoms with van der Waals surface area (Å²) in [5.41, 5.74) is 0.940. The van der Waals surface area contributed by atoms with Gasteiger partial charge in [0.25, 0.3) is 0 Å². The molecule has 26 heavy (non-hydrogen) atoms. The SMILES string of the molecule is CCNC(=NCc1cc(OC)c(OC)c(OC)c1)NCc1ncnn1C. The Kier molecular flexibility index (Phi) is 7.07. The first-order chi connectivity index (χ1) is 12.6. The molecule has 0 saturated carbocycles. The van der Waals surface area contributed by atoms with Gasteiger partial charge in [-0.25, -0.2) is 9.98 Å². The summed E-state index contributed by atoms with van der Waals surface area (Å²) in [6.45, 7) is 3.74. The summed E-state index contributed by atoms with van der Waals surface area (Å²) in [7, 11) is 6.62. The Morgan fingerprint density at radius 1 is 1.12 bits per heavy atom. The van der Waals surface area contributed by atoms with Gasteiger partial charge in [-0.2, -0.15) is 5.10 Å². The summed E-state index contributed by atoms with van der Waals surface area (Å²) in [5, 5.41) is 10.5. The van der Waals surface area contributed by atoms with Crippen molar-refractivity contribution in [3.63, 3.8) is 0 Å². The third-order valence-corrected chi connectivity index (χ3v) is 3.71. The molecule has 2 N–H and O–H groups in total. The molecule has 142 valence electrons. The predicted molar refractivity (Wildman–Crippen MR) is 98.8 cm³/mol. The van der Waals surface area contributed by atoms with E-state index >= 15 is 0 Å². The van der Waals surface area contributed by atoms with Gasteiger partial charge in [0, 0.05) is 13.6 Å². The van der Waals surface area contributed by atoms with Crippen LogP contribution in [0.4, 0.5) is 0 Å². The first kappa shape index (κ1) is 19.4. The molecule has 1 heterocycles. The Labute approximate surface area is 153 Å². The van der Waals surface area contributed by atoms with E-state index in [1.807, 2.05) is 26.1 Å². The zero-order valence-electron chi connectivity index (χ0n) is 15.9. The largest absolute Gasteiger partial charge is 0.493 e. The highest BCUT2D eigenvalue weighted by Crippen LogP contribution is 2.38. The maximum absolute atomic E-state index is 5.38. The molecule has 0 bridgehead atoms. The predicted octanol–water partition coefficient (Wildman–Crippen LogP) is 1.10. The van der Waals surface area contributed by atoms with Gasteiger partial charge in [0.15, 0.2) is 17.5 Å². The molecule has 0 amide bonds. The summed E-state index contributed by atoms with van der Waals surface area (Å²) in [6.07, 6.45) is 1.52. The number of ether oxygens (including phenoxy) is 3. The maximum atomic E-state index is 5.38. The molecule has 0 aliphatic rings. The number of benzene rings is 1. The second-order valence-corrected chi connectivity index (χ2v) is 5.38. The minimum absolute atomic E-state index is 0.449. The Bertz CT molecular complexity index is 719. The van der Waals surface area contributed by atoms with Crippen molar-refractivity contribution >= 4 is 5.96 Å². The van der Waals surface area contributed by atoms with Crippen LogP contribution in [0.15, 0.2) is 23.5 Å². The molecule has 0 unspecified atom stereocenters. The van der Waals surface area contributed by atoms with E-state index in [1.54, 1.807) is 26.0 Å². The molecule has 0 atom stereocenters. The molecule has 0 saturated heterocycles. The zero-order valence-corrected chi connectivity index (χ0v) is 15.9. The first-order valence-electron chi connectivity index (χ1n) is 8.26. The molecule has 9 heteroatoms. The fourth-order valence-electron chi connectivity index (χ4n) is 2.38. The van der Waals surface area contributed by atoms with Crippen molar-refractivity contribution < 1.29 is 14.2 Å². The van der Waals surface area contributed by atoms with E-state index in [1.165, 1.54) is 6.33 Å². The lowest BCUT2D eigenvalue weighted by molar-refractivity contribution is 0.324.